The topological polar surface area (TPSA) is 80.6 Å². The Morgan fingerprint density at radius 3 is 2.39 bits per heavy atom. The van der Waals surface area contributed by atoms with Crippen LogP contribution in [-0.2, 0) is 4.79 Å². The van der Waals surface area contributed by atoms with Crippen molar-refractivity contribution in [2.75, 3.05) is 0 Å². The zero-order valence-corrected chi connectivity index (χ0v) is 19.9. The van der Waals surface area contributed by atoms with E-state index in [0.29, 0.717) is 11.3 Å². The molecule has 2 aromatic carbocycles. The summed E-state index contributed by atoms with van der Waals surface area (Å²) in [5.74, 6) is 0.317. The summed E-state index contributed by atoms with van der Waals surface area (Å²) in [6, 6.07) is 16.6. The van der Waals surface area contributed by atoms with Crippen LogP contribution in [0.4, 0.5) is 0 Å². The van der Waals surface area contributed by atoms with Gasteiger partial charge in [-0.25, -0.2) is 4.79 Å². The molecule has 6 heteroatoms. The second-order valence-electron chi connectivity index (χ2n) is 10.3. The van der Waals surface area contributed by atoms with Gasteiger partial charge in [0.25, 0.3) is 5.91 Å². The van der Waals surface area contributed by atoms with Crippen molar-refractivity contribution in [2.24, 2.45) is 0 Å². The van der Waals surface area contributed by atoms with Crippen LogP contribution in [0.2, 0.25) is 0 Å². The average Bonchev–Trinajstić information content (AvgIpc) is 2.71. The van der Waals surface area contributed by atoms with Crippen molar-refractivity contribution in [3.63, 3.8) is 0 Å². The van der Waals surface area contributed by atoms with Crippen LogP contribution in [0.15, 0.2) is 63.8 Å². The largest absolute Gasteiger partial charge is 0.481 e. The summed E-state index contributed by atoms with van der Waals surface area (Å²) in [6.45, 7) is 10.3. The van der Waals surface area contributed by atoms with Gasteiger partial charge in [-0.05, 0) is 70.7 Å². The molecule has 1 atom stereocenters. The number of fused-ring (bicyclic) bond motifs is 1. The summed E-state index contributed by atoms with van der Waals surface area (Å²) in [4.78, 5) is 25.0. The minimum atomic E-state index is -0.687. The lowest BCUT2D eigenvalue weighted by atomic mass is 9.79. The van der Waals surface area contributed by atoms with Gasteiger partial charge in [-0.2, -0.15) is 0 Å². The van der Waals surface area contributed by atoms with Crippen LogP contribution in [0.1, 0.15) is 47.5 Å². The smallest absolute Gasteiger partial charge is 0.336 e. The zero-order valence-electron chi connectivity index (χ0n) is 19.9. The molecule has 2 N–H and O–H groups in total. The first kappa shape index (κ1) is 23.1. The number of ether oxygens (including phenoxy) is 1. The summed E-state index contributed by atoms with van der Waals surface area (Å²) < 4.78 is 11.4. The lowest BCUT2D eigenvalue weighted by Gasteiger charge is -2.46. The molecule has 0 radical (unpaired) electrons. The van der Waals surface area contributed by atoms with Crippen molar-refractivity contribution in [3.8, 4) is 16.9 Å². The molecule has 1 fully saturated rings. The molecule has 0 unspecified atom stereocenters. The number of nitrogens with one attached hydrogen (secondary N) is 2. The van der Waals surface area contributed by atoms with E-state index in [9.17, 15) is 9.59 Å². The van der Waals surface area contributed by atoms with Gasteiger partial charge in [-0.15, -0.1) is 0 Å². The van der Waals surface area contributed by atoms with Crippen molar-refractivity contribution in [1.82, 2.24) is 10.6 Å². The van der Waals surface area contributed by atoms with E-state index in [4.69, 9.17) is 9.15 Å². The Morgan fingerprint density at radius 1 is 1.06 bits per heavy atom. The van der Waals surface area contributed by atoms with E-state index in [1.165, 1.54) is 6.07 Å². The van der Waals surface area contributed by atoms with Crippen LogP contribution in [0.3, 0.4) is 0 Å². The molecule has 4 rings (SSSR count). The Hall–Kier alpha value is -3.12. The number of piperidine rings is 1. The molecule has 33 heavy (non-hydrogen) atoms. The highest BCUT2D eigenvalue weighted by Crippen LogP contribution is 2.31. The van der Waals surface area contributed by atoms with Gasteiger partial charge in [0.2, 0.25) is 0 Å². The van der Waals surface area contributed by atoms with Crippen LogP contribution in [-0.4, -0.2) is 29.1 Å². The number of carbonyl (C=O) groups excluding carboxylic acids is 1. The summed E-state index contributed by atoms with van der Waals surface area (Å²) >= 11 is 0. The molecule has 1 amide bonds. The Morgan fingerprint density at radius 2 is 1.73 bits per heavy atom. The first-order chi connectivity index (χ1) is 15.5. The fraction of sp³-hybridized carbons (Fsp3) is 0.407. The molecule has 1 saturated heterocycles. The maximum absolute atomic E-state index is 12.9. The Bertz CT molecular complexity index is 1200. The van der Waals surface area contributed by atoms with E-state index in [2.05, 4.69) is 38.3 Å². The molecule has 3 aromatic rings. The third-order valence-corrected chi connectivity index (χ3v) is 6.02. The molecule has 1 aliphatic rings. The first-order valence-electron chi connectivity index (χ1n) is 11.4. The maximum atomic E-state index is 12.9. The summed E-state index contributed by atoms with van der Waals surface area (Å²) in [6.07, 6.45) is 1.00. The molecule has 2 heterocycles. The van der Waals surface area contributed by atoms with Gasteiger partial charge < -0.3 is 19.8 Å². The van der Waals surface area contributed by atoms with Crippen molar-refractivity contribution in [1.29, 1.82) is 0 Å². The molecule has 6 nitrogen and oxygen atoms in total. The predicted octanol–water partition coefficient (Wildman–Crippen LogP) is 4.65. The molecule has 0 aliphatic carbocycles. The normalized spacial score (nSPS) is 18.6. The molecule has 1 aromatic heterocycles. The van der Waals surface area contributed by atoms with Crippen molar-refractivity contribution in [2.45, 2.75) is 70.7 Å². The number of carbonyl (C=O) groups is 1. The van der Waals surface area contributed by atoms with Gasteiger partial charge in [0.1, 0.15) is 11.3 Å². The van der Waals surface area contributed by atoms with E-state index < -0.39 is 11.7 Å². The average molecular weight is 449 g/mol. The first-order valence-corrected chi connectivity index (χ1v) is 11.4. The highest BCUT2D eigenvalue weighted by Gasteiger charge is 2.38. The van der Waals surface area contributed by atoms with E-state index in [1.54, 1.807) is 19.1 Å². The van der Waals surface area contributed by atoms with Gasteiger partial charge in [0, 0.05) is 34.6 Å². The number of hydrogen-bond donors (Lipinski definition) is 2. The van der Waals surface area contributed by atoms with E-state index >= 15 is 0 Å². The molecule has 0 bridgehead atoms. The zero-order chi connectivity index (χ0) is 23.8. The maximum Gasteiger partial charge on any atom is 0.336 e. The van der Waals surface area contributed by atoms with Gasteiger partial charge in [0.05, 0.1) is 0 Å². The van der Waals surface area contributed by atoms with E-state index in [-0.39, 0.29) is 23.0 Å². The van der Waals surface area contributed by atoms with Gasteiger partial charge in [0.15, 0.2) is 6.10 Å². The number of benzene rings is 2. The van der Waals surface area contributed by atoms with E-state index in [1.807, 2.05) is 36.4 Å². The predicted molar refractivity (Wildman–Crippen MR) is 130 cm³/mol. The summed E-state index contributed by atoms with van der Waals surface area (Å²) in [7, 11) is 0. The number of rotatable bonds is 5. The van der Waals surface area contributed by atoms with Crippen molar-refractivity contribution < 1.29 is 13.9 Å². The highest BCUT2D eigenvalue weighted by molar-refractivity contribution is 5.93. The molecular weight excluding hydrogens is 416 g/mol. The fourth-order valence-corrected chi connectivity index (χ4v) is 5.07. The third-order valence-electron chi connectivity index (χ3n) is 6.02. The summed E-state index contributed by atoms with van der Waals surface area (Å²) in [5, 5.41) is 7.58. The van der Waals surface area contributed by atoms with Crippen LogP contribution in [0.25, 0.3) is 22.1 Å². The lowest BCUT2D eigenvalue weighted by molar-refractivity contribution is -0.128. The van der Waals surface area contributed by atoms with Gasteiger partial charge in [-0.3, -0.25) is 4.79 Å². The summed E-state index contributed by atoms with van der Waals surface area (Å²) in [5.41, 5.74) is 1.61. The van der Waals surface area contributed by atoms with Crippen LogP contribution in [0.5, 0.6) is 5.75 Å². The Labute approximate surface area is 194 Å². The third kappa shape index (κ3) is 5.45. The van der Waals surface area contributed by atoms with Gasteiger partial charge >= 0.3 is 5.63 Å². The van der Waals surface area contributed by atoms with Gasteiger partial charge in [-0.1, -0.05) is 30.3 Å². The lowest BCUT2D eigenvalue weighted by Crippen LogP contribution is -2.62. The highest BCUT2D eigenvalue weighted by atomic mass is 16.5. The fourth-order valence-electron chi connectivity index (χ4n) is 5.07. The quantitative estimate of drug-likeness (QED) is 0.555. The van der Waals surface area contributed by atoms with Crippen LogP contribution < -0.4 is 21.0 Å². The molecule has 1 aliphatic heterocycles. The number of amides is 1. The molecule has 0 saturated carbocycles. The second kappa shape index (κ2) is 8.67. The molecular formula is C27H32N2O4. The standard InChI is InChI=1S/C27H32N2O4/c1-17(25(31)28-19-15-26(2,3)29-27(4,5)16-19)32-20-11-12-21-22(18-9-7-6-8-10-18)14-24(30)33-23(21)13-20/h6-14,17,19,29H,15-16H2,1-5H3,(H,28,31)/t17-/m1/s1. The minimum Gasteiger partial charge on any atom is -0.481 e. The number of hydrogen-bond acceptors (Lipinski definition) is 5. The second-order valence-corrected chi connectivity index (χ2v) is 10.3. The van der Waals surface area contributed by atoms with Crippen LogP contribution in [0, 0.1) is 0 Å². The molecule has 0 spiro atoms. The minimum absolute atomic E-state index is 0.0594. The van der Waals surface area contributed by atoms with Crippen LogP contribution >= 0.6 is 0 Å². The SMILES string of the molecule is C[C@@H](Oc1ccc2c(-c3ccccc3)cc(=O)oc2c1)C(=O)NC1CC(C)(C)NC(C)(C)C1. The Balaban J connectivity index is 1.51. The van der Waals surface area contributed by atoms with Crippen molar-refractivity contribution >= 4 is 16.9 Å². The Kier molecular flexibility index (Phi) is 6.06. The van der Waals surface area contributed by atoms with Crippen molar-refractivity contribution in [3.05, 3.63) is 65.0 Å². The monoisotopic (exact) mass is 448 g/mol. The molecule has 174 valence electrons. The van der Waals surface area contributed by atoms with E-state index in [0.717, 1.165) is 29.4 Å².